The molecule has 20 heavy (non-hydrogen) atoms. The number of benzene rings is 2. The second-order valence-electron chi connectivity index (χ2n) is 5.03. The fourth-order valence-electron chi connectivity index (χ4n) is 2.32. The summed E-state index contributed by atoms with van der Waals surface area (Å²) in [5, 5.41) is 3.54. The SMILES string of the molecule is CCCNC(c1ccc(F)cc1)c1ccc(CC)cc1. The van der Waals surface area contributed by atoms with Crippen molar-refractivity contribution in [1.29, 1.82) is 0 Å². The zero-order chi connectivity index (χ0) is 14.4. The maximum Gasteiger partial charge on any atom is 0.123 e. The van der Waals surface area contributed by atoms with Gasteiger partial charge in [0.1, 0.15) is 5.82 Å². The van der Waals surface area contributed by atoms with Crippen LogP contribution in [0.2, 0.25) is 0 Å². The summed E-state index contributed by atoms with van der Waals surface area (Å²) in [7, 11) is 0. The minimum atomic E-state index is -0.190. The van der Waals surface area contributed by atoms with E-state index >= 15 is 0 Å². The van der Waals surface area contributed by atoms with E-state index in [1.807, 2.05) is 12.1 Å². The summed E-state index contributed by atoms with van der Waals surface area (Å²) in [5.74, 6) is -0.190. The van der Waals surface area contributed by atoms with Gasteiger partial charge in [-0.15, -0.1) is 0 Å². The maximum atomic E-state index is 13.1. The highest BCUT2D eigenvalue weighted by Gasteiger charge is 2.13. The summed E-state index contributed by atoms with van der Waals surface area (Å²) in [6, 6.07) is 15.5. The van der Waals surface area contributed by atoms with Crippen LogP contribution in [0, 0.1) is 5.82 Å². The van der Waals surface area contributed by atoms with Gasteiger partial charge in [0, 0.05) is 0 Å². The molecule has 0 aliphatic rings. The quantitative estimate of drug-likeness (QED) is 0.817. The third-order valence-electron chi connectivity index (χ3n) is 3.52. The van der Waals surface area contributed by atoms with Gasteiger partial charge in [0.25, 0.3) is 0 Å². The van der Waals surface area contributed by atoms with E-state index in [0.29, 0.717) is 0 Å². The molecular formula is C18H22FN. The molecule has 0 bridgehead atoms. The van der Waals surface area contributed by atoms with Crippen molar-refractivity contribution in [3.05, 3.63) is 71.0 Å². The summed E-state index contributed by atoms with van der Waals surface area (Å²) in [6.45, 7) is 5.24. The van der Waals surface area contributed by atoms with Crippen LogP contribution in [-0.4, -0.2) is 6.54 Å². The van der Waals surface area contributed by atoms with Crippen LogP contribution in [0.1, 0.15) is 43.0 Å². The zero-order valence-corrected chi connectivity index (χ0v) is 12.2. The molecule has 0 fully saturated rings. The summed E-state index contributed by atoms with van der Waals surface area (Å²) in [6.07, 6.45) is 2.12. The average molecular weight is 271 g/mol. The Hall–Kier alpha value is -1.67. The minimum absolute atomic E-state index is 0.126. The molecular weight excluding hydrogens is 249 g/mol. The van der Waals surface area contributed by atoms with Crippen molar-refractivity contribution in [3.8, 4) is 0 Å². The molecule has 0 radical (unpaired) electrons. The first-order chi connectivity index (χ1) is 9.74. The monoisotopic (exact) mass is 271 g/mol. The smallest absolute Gasteiger partial charge is 0.123 e. The van der Waals surface area contributed by atoms with Crippen LogP contribution in [0.5, 0.6) is 0 Å². The first-order valence-electron chi connectivity index (χ1n) is 7.32. The number of hydrogen-bond acceptors (Lipinski definition) is 1. The largest absolute Gasteiger partial charge is 0.306 e. The summed E-state index contributed by atoms with van der Waals surface area (Å²) in [5.41, 5.74) is 3.66. The Morgan fingerprint density at radius 1 is 0.900 bits per heavy atom. The standard InChI is InChI=1S/C18H22FN/c1-3-13-20-18(16-9-11-17(19)12-10-16)15-7-5-14(4-2)6-8-15/h5-12,18,20H,3-4,13H2,1-2H3. The van der Waals surface area contributed by atoms with Crippen LogP contribution < -0.4 is 5.32 Å². The van der Waals surface area contributed by atoms with Crippen molar-refractivity contribution in [3.63, 3.8) is 0 Å². The van der Waals surface area contributed by atoms with Gasteiger partial charge in [-0.25, -0.2) is 4.39 Å². The van der Waals surface area contributed by atoms with Crippen molar-refractivity contribution in [1.82, 2.24) is 5.32 Å². The predicted octanol–water partition coefficient (Wildman–Crippen LogP) is 4.48. The molecule has 2 aromatic carbocycles. The fraction of sp³-hybridized carbons (Fsp3) is 0.333. The van der Waals surface area contributed by atoms with Crippen LogP contribution in [0.3, 0.4) is 0 Å². The summed E-state index contributed by atoms with van der Waals surface area (Å²) < 4.78 is 13.1. The van der Waals surface area contributed by atoms with Crippen molar-refractivity contribution >= 4 is 0 Å². The first kappa shape index (κ1) is 14.7. The molecule has 0 saturated carbocycles. The maximum absolute atomic E-state index is 13.1. The van der Waals surface area contributed by atoms with Gasteiger partial charge in [0.15, 0.2) is 0 Å². The molecule has 2 aromatic rings. The highest BCUT2D eigenvalue weighted by atomic mass is 19.1. The Kier molecular flexibility index (Phi) is 5.31. The molecule has 0 aromatic heterocycles. The van der Waals surface area contributed by atoms with E-state index in [-0.39, 0.29) is 11.9 Å². The third-order valence-corrected chi connectivity index (χ3v) is 3.52. The molecule has 106 valence electrons. The van der Waals surface area contributed by atoms with Gasteiger partial charge in [-0.1, -0.05) is 50.2 Å². The Labute approximate surface area is 120 Å². The van der Waals surface area contributed by atoms with Gasteiger partial charge in [-0.05, 0) is 48.2 Å². The van der Waals surface area contributed by atoms with Crippen LogP contribution in [0.15, 0.2) is 48.5 Å². The van der Waals surface area contributed by atoms with Gasteiger partial charge < -0.3 is 5.32 Å². The van der Waals surface area contributed by atoms with E-state index in [1.54, 1.807) is 0 Å². The highest BCUT2D eigenvalue weighted by molar-refractivity contribution is 5.33. The van der Waals surface area contributed by atoms with Gasteiger partial charge in [0.2, 0.25) is 0 Å². The number of aryl methyl sites for hydroxylation is 1. The number of halogens is 1. The van der Waals surface area contributed by atoms with Crippen LogP contribution in [0.25, 0.3) is 0 Å². The molecule has 0 aliphatic heterocycles. The summed E-state index contributed by atoms with van der Waals surface area (Å²) in [4.78, 5) is 0. The van der Waals surface area contributed by atoms with E-state index in [2.05, 4.69) is 43.4 Å². The van der Waals surface area contributed by atoms with Crippen LogP contribution in [-0.2, 0) is 6.42 Å². The number of hydrogen-bond donors (Lipinski definition) is 1. The Balaban J connectivity index is 2.27. The molecule has 1 atom stereocenters. The number of rotatable bonds is 6. The summed E-state index contributed by atoms with van der Waals surface area (Å²) >= 11 is 0. The molecule has 0 heterocycles. The minimum Gasteiger partial charge on any atom is -0.306 e. The average Bonchev–Trinajstić information content (AvgIpc) is 2.50. The van der Waals surface area contributed by atoms with Crippen molar-refractivity contribution in [2.45, 2.75) is 32.7 Å². The van der Waals surface area contributed by atoms with Crippen molar-refractivity contribution in [2.75, 3.05) is 6.54 Å². The topological polar surface area (TPSA) is 12.0 Å². The van der Waals surface area contributed by atoms with Crippen molar-refractivity contribution < 1.29 is 4.39 Å². The van der Waals surface area contributed by atoms with E-state index in [0.717, 1.165) is 24.9 Å². The Morgan fingerprint density at radius 3 is 1.95 bits per heavy atom. The Morgan fingerprint density at radius 2 is 1.45 bits per heavy atom. The lowest BCUT2D eigenvalue weighted by Gasteiger charge is -2.20. The number of nitrogens with one attached hydrogen (secondary N) is 1. The zero-order valence-electron chi connectivity index (χ0n) is 12.2. The van der Waals surface area contributed by atoms with E-state index in [1.165, 1.54) is 23.3 Å². The fourth-order valence-corrected chi connectivity index (χ4v) is 2.32. The van der Waals surface area contributed by atoms with Crippen LogP contribution in [0.4, 0.5) is 4.39 Å². The van der Waals surface area contributed by atoms with Gasteiger partial charge >= 0.3 is 0 Å². The molecule has 0 saturated heterocycles. The van der Waals surface area contributed by atoms with Gasteiger partial charge in [-0.2, -0.15) is 0 Å². The lowest BCUT2D eigenvalue weighted by molar-refractivity contribution is 0.593. The highest BCUT2D eigenvalue weighted by Crippen LogP contribution is 2.23. The van der Waals surface area contributed by atoms with Gasteiger partial charge in [-0.3, -0.25) is 0 Å². The third kappa shape index (κ3) is 3.67. The lowest BCUT2D eigenvalue weighted by Crippen LogP contribution is -2.23. The Bertz CT molecular complexity index is 516. The van der Waals surface area contributed by atoms with E-state index in [4.69, 9.17) is 0 Å². The second-order valence-corrected chi connectivity index (χ2v) is 5.03. The predicted molar refractivity (Wildman–Crippen MR) is 82.4 cm³/mol. The second kappa shape index (κ2) is 7.20. The molecule has 0 amide bonds. The molecule has 2 heteroatoms. The first-order valence-corrected chi connectivity index (χ1v) is 7.32. The molecule has 1 nitrogen and oxygen atoms in total. The molecule has 1 unspecified atom stereocenters. The van der Waals surface area contributed by atoms with E-state index in [9.17, 15) is 4.39 Å². The molecule has 1 N–H and O–H groups in total. The molecule has 0 spiro atoms. The van der Waals surface area contributed by atoms with Crippen molar-refractivity contribution in [2.24, 2.45) is 0 Å². The lowest BCUT2D eigenvalue weighted by atomic mass is 9.97. The van der Waals surface area contributed by atoms with Crippen LogP contribution >= 0.6 is 0 Å². The molecule has 2 rings (SSSR count). The van der Waals surface area contributed by atoms with E-state index < -0.39 is 0 Å². The van der Waals surface area contributed by atoms with Gasteiger partial charge in [0.05, 0.1) is 6.04 Å². The normalized spacial score (nSPS) is 12.3. The molecule has 0 aliphatic carbocycles.